The van der Waals surface area contributed by atoms with Gasteiger partial charge in [0, 0.05) is 11.1 Å². The highest BCUT2D eigenvalue weighted by molar-refractivity contribution is 7.13. The molecule has 1 aromatic carbocycles. The summed E-state index contributed by atoms with van der Waals surface area (Å²) in [6.45, 7) is 0. The largest absolute Gasteiger partial charge is 0.478 e. The maximum Gasteiger partial charge on any atom is 0.337 e. The third-order valence-electron chi connectivity index (χ3n) is 2.21. The van der Waals surface area contributed by atoms with E-state index in [0.29, 0.717) is 5.69 Å². The Morgan fingerprint density at radius 2 is 2.16 bits per heavy atom. The van der Waals surface area contributed by atoms with Gasteiger partial charge in [-0.15, -0.1) is 11.3 Å². The van der Waals surface area contributed by atoms with Crippen molar-refractivity contribution in [1.82, 2.24) is 4.98 Å². The third-order valence-corrected chi connectivity index (χ3v) is 3.21. The molecule has 0 atom stereocenters. The molecule has 1 heterocycles. The van der Waals surface area contributed by atoms with Gasteiger partial charge >= 0.3 is 5.97 Å². The number of halogens is 1. The zero-order chi connectivity index (χ0) is 14.0. The van der Waals surface area contributed by atoms with Crippen LogP contribution in [-0.2, 0) is 0 Å². The lowest BCUT2D eigenvalue weighted by Crippen LogP contribution is -2.13. The monoisotopic (exact) mass is 297 g/mol. The number of hydrogen-bond acceptors (Lipinski definition) is 5. The van der Waals surface area contributed by atoms with E-state index in [9.17, 15) is 9.59 Å². The summed E-state index contributed by atoms with van der Waals surface area (Å²) < 4.78 is 0. The second-order valence-corrected chi connectivity index (χ2v) is 4.82. The SMILES string of the molecule is Nc1nc(C(=O)Nc2ccc(Cl)c(C(=O)O)c2)cs1. The quantitative estimate of drug-likeness (QED) is 0.806. The number of nitrogens with zero attached hydrogens (tertiary/aromatic N) is 1. The molecule has 1 aromatic heterocycles. The highest BCUT2D eigenvalue weighted by Gasteiger charge is 2.13. The number of nitrogens with one attached hydrogen (secondary N) is 1. The van der Waals surface area contributed by atoms with Gasteiger partial charge in [-0.2, -0.15) is 0 Å². The Hall–Kier alpha value is -2.12. The standard InChI is InChI=1S/C11H8ClN3O3S/c12-7-2-1-5(3-6(7)10(17)18)14-9(16)8-4-19-11(13)15-8/h1-4H,(H2,13,15)(H,14,16)(H,17,18). The molecule has 2 rings (SSSR count). The molecule has 6 nitrogen and oxygen atoms in total. The van der Waals surface area contributed by atoms with Crippen LogP contribution in [0, 0.1) is 0 Å². The van der Waals surface area contributed by atoms with Gasteiger partial charge in [-0.3, -0.25) is 4.79 Å². The molecule has 1 amide bonds. The lowest BCUT2D eigenvalue weighted by atomic mass is 10.2. The number of aromatic carboxylic acids is 1. The van der Waals surface area contributed by atoms with E-state index in [1.807, 2.05) is 0 Å². The van der Waals surface area contributed by atoms with Crippen molar-refractivity contribution < 1.29 is 14.7 Å². The van der Waals surface area contributed by atoms with Crippen molar-refractivity contribution in [3.63, 3.8) is 0 Å². The van der Waals surface area contributed by atoms with Crippen LogP contribution in [-0.4, -0.2) is 22.0 Å². The summed E-state index contributed by atoms with van der Waals surface area (Å²) in [5.41, 5.74) is 5.83. The van der Waals surface area contributed by atoms with Crippen LogP contribution < -0.4 is 11.1 Å². The number of amides is 1. The Labute approximate surface area is 116 Å². The molecule has 0 saturated heterocycles. The third kappa shape index (κ3) is 3.01. The minimum atomic E-state index is -1.17. The molecule has 0 aliphatic heterocycles. The van der Waals surface area contributed by atoms with E-state index in [-0.39, 0.29) is 21.4 Å². The first-order chi connectivity index (χ1) is 8.97. The zero-order valence-corrected chi connectivity index (χ0v) is 11.0. The van der Waals surface area contributed by atoms with Crippen LogP contribution in [0.2, 0.25) is 5.02 Å². The van der Waals surface area contributed by atoms with E-state index >= 15 is 0 Å². The Morgan fingerprint density at radius 3 is 2.74 bits per heavy atom. The highest BCUT2D eigenvalue weighted by Crippen LogP contribution is 2.21. The fraction of sp³-hybridized carbons (Fsp3) is 0. The van der Waals surface area contributed by atoms with Crippen LogP contribution in [0.3, 0.4) is 0 Å². The van der Waals surface area contributed by atoms with Crippen LogP contribution in [0.1, 0.15) is 20.8 Å². The molecule has 2 aromatic rings. The Balaban J connectivity index is 2.22. The molecule has 0 spiro atoms. The van der Waals surface area contributed by atoms with Crippen molar-refractivity contribution in [2.45, 2.75) is 0 Å². The maximum absolute atomic E-state index is 11.8. The average molecular weight is 298 g/mol. The molecule has 0 bridgehead atoms. The highest BCUT2D eigenvalue weighted by atomic mass is 35.5. The van der Waals surface area contributed by atoms with Crippen molar-refractivity contribution in [3.8, 4) is 0 Å². The topological polar surface area (TPSA) is 105 Å². The van der Waals surface area contributed by atoms with Crippen molar-refractivity contribution >= 4 is 45.6 Å². The molecule has 0 radical (unpaired) electrons. The second kappa shape index (κ2) is 5.25. The predicted molar refractivity (Wildman–Crippen MR) is 72.9 cm³/mol. The van der Waals surface area contributed by atoms with Gasteiger partial charge in [0.05, 0.1) is 10.6 Å². The van der Waals surface area contributed by atoms with Crippen LogP contribution in [0.4, 0.5) is 10.8 Å². The molecule has 0 aliphatic carbocycles. The van der Waals surface area contributed by atoms with E-state index < -0.39 is 11.9 Å². The number of thiazole rings is 1. The van der Waals surface area contributed by atoms with Crippen LogP contribution >= 0.6 is 22.9 Å². The lowest BCUT2D eigenvalue weighted by Gasteiger charge is -2.05. The molecule has 0 aliphatic rings. The Kier molecular flexibility index (Phi) is 3.68. The summed E-state index contributed by atoms with van der Waals surface area (Å²) >= 11 is 6.87. The van der Waals surface area contributed by atoms with Crippen LogP contribution in [0.15, 0.2) is 23.6 Å². The molecular formula is C11H8ClN3O3S. The molecule has 19 heavy (non-hydrogen) atoms. The number of nitrogen functional groups attached to an aromatic ring is 1. The van der Waals surface area contributed by atoms with E-state index in [1.165, 1.54) is 23.6 Å². The number of anilines is 2. The number of carbonyl (C=O) groups excluding carboxylic acids is 1. The molecule has 8 heteroatoms. The fourth-order valence-corrected chi connectivity index (χ4v) is 2.10. The minimum Gasteiger partial charge on any atom is -0.478 e. The number of carboxylic acids is 1. The number of rotatable bonds is 3. The van der Waals surface area contributed by atoms with Crippen molar-refractivity contribution in [1.29, 1.82) is 0 Å². The second-order valence-electron chi connectivity index (χ2n) is 3.52. The number of aromatic nitrogens is 1. The summed E-state index contributed by atoms with van der Waals surface area (Å²) in [7, 11) is 0. The van der Waals surface area contributed by atoms with Gasteiger partial charge in [0.25, 0.3) is 5.91 Å². The van der Waals surface area contributed by atoms with E-state index in [2.05, 4.69) is 10.3 Å². The summed E-state index contributed by atoms with van der Waals surface area (Å²) in [5, 5.41) is 13.3. The van der Waals surface area contributed by atoms with Crippen molar-refractivity contribution in [2.75, 3.05) is 11.1 Å². The van der Waals surface area contributed by atoms with Gasteiger partial charge in [-0.05, 0) is 18.2 Å². The number of nitrogens with two attached hydrogens (primary N) is 1. The first-order valence-electron chi connectivity index (χ1n) is 5.02. The van der Waals surface area contributed by atoms with Gasteiger partial charge in [0.15, 0.2) is 5.13 Å². The number of hydrogen-bond donors (Lipinski definition) is 3. The smallest absolute Gasteiger partial charge is 0.337 e. The molecule has 4 N–H and O–H groups in total. The minimum absolute atomic E-state index is 0.0859. The zero-order valence-electron chi connectivity index (χ0n) is 9.38. The summed E-state index contributed by atoms with van der Waals surface area (Å²) in [6, 6.07) is 4.18. The van der Waals surface area contributed by atoms with Crippen molar-refractivity contribution in [2.24, 2.45) is 0 Å². The molecule has 0 fully saturated rings. The first-order valence-corrected chi connectivity index (χ1v) is 6.28. The fourth-order valence-electron chi connectivity index (χ4n) is 1.35. The molecule has 0 unspecified atom stereocenters. The van der Waals surface area contributed by atoms with Crippen molar-refractivity contribution in [3.05, 3.63) is 39.9 Å². The molecule has 98 valence electrons. The van der Waals surface area contributed by atoms with E-state index in [4.69, 9.17) is 22.4 Å². The number of carboxylic acid groups (broad SMARTS) is 1. The maximum atomic E-state index is 11.8. The summed E-state index contributed by atoms with van der Waals surface area (Å²) in [6.07, 6.45) is 0. The van der Waals surface area contributed by atoms with Gasteiger partial charge in [-0.1, -0.05) is 11.6 Å². The summed E-state index contributed by atoms with van der Waals surface area (Å²) in [4.78, 5) is 26.5. The number of carbonyl (C=O) groups is 2. The summed E-state index contributed by atoms with van der Waals surface area (Å²) in [5.74, 6) is -1.63. The normalized spacial score (nSPS) is 10.2. The molecular weight excluding hydrogens is 290 g/mol. The van der Waals surface area contributed by atoms with E-state index in [0.717, 1.165) is 11.3 Å². The first kappa shape index (κ1) is 13.3. The lowest BCUT2D eigenvalue weighted by molar-refractivity contribution is 0.0696. The van der Waals surface area contributed by atoms with Gasteiger partial charge in [0.1, 0.15) is 5.69 Å². The Bertz CT molecular complexity index is 656. The molecule has 0 saturated carbocycles. The predicted octanol–water partition coefficient (Wildman–Crippen LogP) is 2.33. The van der Waals surface area contributed by atoms with E-state index in [1.54, 1.807) is 0 Å². The van der Waals surface area contributed by atoms with Gasteiger partial charge < -0.3 is 16.2 Å². The Morgan fingerprint density at radius 1 is 1.42 bits per heavy atom. The van der Waals surface area contributed by atoms with Crippen LogP contribution in [0.25, 0.3) is 0 Å². The van der Waals surface area contributed by atoms with Crippen LogP contribution in [0.5, 0.6) is 0 Å². The number of benzene rings is 1. The van der Waals surface area contributed by atoms with Gasteiger partial charge in [-0.25, -0.2) is 9.78 Å². The van der Waals surface area contributed by atoms with Gasteiger partial charge in [0.2, 0.25) is 0 Å². The average Bonchev–Trinajstić information content (AvgIpc) is 2.78.